The first-order valence-electron chi connectivity index (χ1n) is 8.02. The van der Waals surface area contributed by atoms with Crippen LogP contribution in [0.5, 0.6) is 0 Å². The maximum atomic E-state index is 2.28. The molecule has 0 aliphatic rings. The number of halogens is 2. The summed E-state index contributed by atoms with van der Waals surface area (Å²) in [5, 5.41) is 5.65. The number of hydrogen-bond acceptors (Lipinski definition) is 0. The van der Waals surface area contributed by atoms with E-state index in [0.717, 1.165) is 12.8 Å². The van der Waals surface area contributed by atoms with Crippen molar-refractivity contribution in [3.8, 4) is 0 Å². The first-order valence-corrected chi connectivity index (χ1v) is 8.02. The minimum Gasteiger partial charge on any atom is -1.00 e. The van der Waals surface area contributed by atoms with Crippen molar-refractivity contribution in [2.24, 2.45) is 0 Å². The van der Waals surface area contributed by atoms with Gasteiger partial charge in [-0.05, 0) is 0 Å². The molecule has 0 unspecified atom stereocenters. The molecular formula is C22H20Cl2Zr. The maximum Gasteiger partial charge on any atom is 4.00 e. The van der Waals surface area contributed by atoms with Crippen LogP contribution in [-0.2, 0) is 39.0 Å². The third kappa shape index (κ3) is 4.11. The van der Waals surface area contributed by atoms with Crippen molar-refractivity contribution < 1.29 is 51.0 Å². The van der Waals surface area contributed by atoms with Gasteiger partial charge in [0.05, 0.1) is 0 Å². The van der Waals surface area contributed by atoms with Gasteiger partial charge < -0.3 is 24.8 Å². The molecule has 0 saturated carbocycles. The average Bonchev–Trinajstić information content (AvgIpc) is 3.10. The summed E-state index contributed by atoms with van der Waals surface area (Å²) in [6.07, 6.45) is 2.20. The number of hydrogen-bond donors (Lipinski definition) is 0. The number of benzene rings is 2. The summed E-state index contributed by atoms with van der Waals surface area (Å²) in [4.78, 5) is 0. The molecule has 0 aromatic heterocycles. The third-order valence-corrected chi connectivity index (χ3v) is 4.91. The van der Waals surface area contributed by atoms with Crippen LogP contribution in [0.3, 0.4) is 0 Å². The van der Waals surface area contributed by atoms with E-state index < -0.39 is 0 Å². The first kappa shape index (κ1) is 22.2. The first-order chi connectivity index (χ1) is 10.7. The van der Waals surface area contributed by atoms with E-state index in [9.17, 15) is 0 Å². The Hall–Kier alpha value is -0.877. The van der Waals surface area contributed by atoms with Crippen LogP contribution in [0, 0.1) is 13.8 Å². The van der Waals surface area contributed by atoms with Crippen molar-refractivity contribution in [3.63, 3.8) is 0 Å². The van der Waals surface area contributed by atoms with E-state index in [1.54, 1.807) is 0 Å². The van der Waals surface area contributed by atoms with Crippen LogP contribution in [0.15, 0.2) is 60.7 Å². The zero-order valence-corrected chi connectivity index (χ0v) is 18.4. The molecule has 4 rings (SSSR count). The Morgan fingerprint density at radius 1 is 0.680 bits per heavy atom. The fourth-order valence-electron chi connectivity index (χ4n) is 3.61. The molecule has 0 amide bonds. The minimum absolute atomic E-state index is 0. The minimum atomic E-state index is 0. The van der Waals surface area contributed by atoms with Crippen molar-refractivity contribution in [3.05, 3.63) is 82.9 Å². The van der Waals surface area contributed by atoms with Crippen molar-refractivity contribution in [2.45, 2.75) is 26.7 Å². The van der Waals surface area contributed by atoms with Gasteiger partial charge in [0.1, 0.15) is 0 Å². The average molecular weight is 447 g/mol. The van der Waals surface area contributed by atoms with Gasteiger partial charge in [-0.25, -0.2) is 0 Å². The molecule has 0 nitrogen and oxygen atoms in total. The van der Waals surface area contributed by atoms with E-state index in [-0.39, 0.29) is 51.0 Å². The Morgan fingerprint density at radius 3 is 1.48 bits per heavy atom. The molecule has 0 heterocycles. The van der Waals surface area contributed by atoms with E-state index in [1.165, 1.54) is 43.8 Å². The summed E-state index contributed by atoms with van der Waals surface area (Å²) in [7, 11) is 0. The van der Waals surface area contributed by atoms with Gasteiger partial charge in [0.15, 0.2) is 0 Å². The molecule has 0 aliphatic heterocycles. The molecular weight excluding hydrogens is 426 g/mol. The molecule has 25 heavy (non-hydrogen) atoms. The van der Waals surface area contributed by atoms with E-state index in [2.05, 4.69) is 74.5 Å². The van der Waals surface area contributed by atoms with Crippen molar-refractivity contribution >= 4 is 21.5 Å². The van der Waals surface area contributed by atoms with E-state index >= 15 is 0 Å². The van der Waals surface area contributed by atoms with Gasteiger partial charge in [0.2, 0.25) is 0 Å². The number of rotatable bonds is 3. The van der Waals surface area contributed by atoms with Crippen LogP contribution in [0.2, 0.25) is 0 Å². The van der Waals surface area contributed by atoms with Gasteiger partial charge in [-0.3, -0.25) is 0 Å². The van der Waals surface area contributed by atoms with Gasteiger partial charge >= 0.3 is 26.2 Å². The summed E-state index contributed by atoms with van der Waals surface area (Å²) in [6.45, 7) is 4.39. The van der Waals surface area contributed by atoms with Crippen molar-refractivity contribution in [1.82, 2.24) is 0 Å². The van der Waals surface area contributed by atoms with Crippen molar-refractivity contribution in [1.29, 1.82) is 0 Å². The summed E-state index contributed by atoms with van der Waals surface area (Å²) < 4.78 is 0. The molecule has 4 aromatic rings. The molecule has 0 N–H and O–H groups in total. The normalized spacial score (nSPS) is 10.2. The molecule has 0 aliphatic carbocycles. The van der Waals surface area contributed by atoms with Crippen LogP contribution in [0.25, 0.3) is 21.5 Å². The van der Waals surface area contributed by atoms with Gasteiger partial charge in [-0.15, -0.1) is 69.1 Å². The van der Waals surface area contributed by atoms with Gasteiger partial charge in [-0.2, -0.15) is 23.3 Å². The molecule has 4 aromatic carbocycles. The Kier molecular flexibility index (Phi) is 8.13. The standard InChI is InChI=1S/C22H20.2ClH.Zr/c1-15-9-13-21-17(5-3-7-19(15)21)11-12-18-6-4-8-20-16(2)10-14-22(18)20;;;/h3-10,13-14H,11-12H2,1-2H3;2*1H;/q-2;;;+4/p-2. The molecule has 0 bridgehead atoms. The molecule has 0 spiro atoms. The number of aryl methyl sites for hydroxylation is 4. The molecule has 126 valence electrons. The second-order valence-electron chi connectivity index (χ2n) is 6.29. The Labute approximate surface area is 181 Å². The number of fused-ring (bicyclic) bond motifs is 2. The predicted molar refractivity (Wildman–Crippen MR) is 96.0 cm³/mol. The zero-order chi connectivity index (χ0) is 15.1. The summed E-state index contributed by atoms with van der Waals surface area (Å²) in [6, 6.07) is 22.4. The van der Waals surface area contributed by atoms with Crippen LogP contribution in [0.1, 0.15) is 22.3 Å². The van der Waals surface area contributed by atoms with E-state index in [0.29, 0.717) is 0 Å². The second-order valence-corrected chi connectivity index (χ2v) is 6.29. The topological polar surface area (TPSA) is 0 Å². The largest absolute Gasteiger partial charge is 4.00 e. The fraction of sp³-hybridized carbons (Fsp3) is 0.182. The molecule has 0 radical (unpaired) electrons. The zero-order valence-electron chi connectivity index (χ0n) is 14.4. The van der Waals surface area contributed by atoms with Gasteiger partial charge in [-0.1, -0.05) is 38.8 Å². The SMILES string of the molecule is Cc1c[cH-]c2c(CCc3cccc4c(C)c[cH-]c34)cccc12.[Cl-].[Cl-].[Zr+4]. The molecule has 0 saturated heterocycles. The Bertz CT molecular complexity index is 883. The van der Waals surface area contributed by atoms with Gasteiger partial charge in [0, 0.05) is 0 Å². The van der Waals surface area contributed by atoms with Crippen LogP contribution in [0.4, 0.5) is 0 Å². The smallest absolute Gasteiger partial charge is 1.00 e. The summed E-state index contributed by atoms with van der Waals surface area (Å²) in [5.74, 6) is 0. The Morgan fingerprint density at radius 2 is 1.08 bits per heavy atom. The fourth-order valence-corrected chi connectivity index (χ4v) is 3.61. The molecule has 3 heteroatoms. The third-order valence-electron chi connectivity index (χ3n) is 4.91. The van der Waals surface area contributed by atoms with E-state index in [1.807, 2.05) is 0 Å². The monoisotopic (exact) mass is 444 g/mol. The second kappa shape index (κ2) is 9.17. The predicted octanol–water partition coefficient (Wildman–Crippen LogP) is -0.162. The maximum absolute atomic E-state index is 2.28. The molecule has 0 atom stereocenters. The summed E-state index contributed by atoms with van der Waals surface area (Å²) in [5.41, 5.74) is 5.69. The van der Waals surface area contributed by atoms with E-state index in [4.69, 9.17) is 0 Å². The van der Waals surface area contributed by atoms with Crippen LogP contribution in [-0.4, -0.2) is 0 Å². The molecule has 0 fully saturated rings. The summed E-state index contributed by atoms with van der Waals surface area (Å²) >= 11 is 0. The van der Waals surface area contributed by atoms with Crippen molar-refractivity contribution in [2.75, 3.05) is 0 Å². The van der Waals surface area contributed by atoms with Crippen LogP contribution >= 0.6 is 0 Å². The van der Waals surface area contributed by atoms with Gasteiger partial charge in [0.25, 0.3) is 0 Å². The Balaban J connectivity index is 0.00000104. The van der Waals surface area contributed by atoms with Crippen LogP contribution < -0.4 is 24.8 Å². The quantitative estimate of drug-likeness (QED) is 0.384.